The van der Waals surface area contributed by atoms with Crippen LogP contribution in [0.25, 0.3) is 20.2 Å². The molecule has 0 radical (unpaired) electrons. The quantitative estimate of drug-likeness (QED) is 0.498. The Balaban J connectivity index is 2.73. The van der Waals surface area contributed by atoms with Gasteiger partial charge in [0.2, 0.25) is 0 Å². The van der Waals surface area contributed by atoms with E-state index in [0.29, 0.717) is 24.6 Å². The zero-order chi connectivity index (χ0) is 15.6. The van der Waals surface area contributed by atoms with E-state index in [1.165, 1.54) is 11.3 Å². The van der Waals surface area contributed by atoms with Gasteiger partial charge < -0.3 is 0 Å². The van der Waals surface area contributed by atoms with Gasteiger partial charge in [-0.3, -0.25) is 0 Å². The first kappa shape index (κ1) is 5.30. The molecule has 0 nitrogen and oxygen atoms in total. The predicted molar refractivity (Wildman–Crippen MR) is 74.7 cm³/mol. The lowest BCUT2D eigenvalue weighted by Gasteiger charge is -1.93. The van der Waals surface area contributed by atoms with Gasteiger partial charge in [-0.2, -0.15) is 0 Å². The van der Waals surface area contributed by atoms with E-state index >= 15 is 0 Å². The maximum absolute atomic E-state index is 8.17. The molecule has 15 heavy (non-hydrogen) atoms. The fourth-order valence-corrected chi connectivity index (χ4v) is 3.16. The molecule has 0 aliphatic heterocycles. The van der Waals surface area contributed by atoms with Crippen LogP contribution in [0.2, 0.25) is 0 Å². The molecule has 0 aliphatic rings. The Kier molecular flexibility index (Phi) is 1.26. The van der Waals surface area contributed by atoms with Crippen molar-refractivity contribution in [2.24, 2.45) is 0 Å². The highest BCUT2D eigenvalue weighted by Gasteiger charge is 2.06. The highest BCUT2D eigenvalue weighted by atomic mass is 79.9. The first-order valence-corrected chi connectivity index (χ1v) is 6.44. The average molecular weight is 348 g/mol. The van der Waals surface area contributed by atoms with Crippen LogP contribution in [-0.2, 0) is 0 Å². The van der Waals surface area contributed by atoms with E-state index in [1.54, 1.807) is 0 Å². The molecular weight excluding hydrogens is 336 g/mol. The molecule has 74 valence electrons. The Labute approximate surface area is 117 Å². The molecule has 2 aromatic carbocycles. The van der Waals surface area contributed by atoms with Gasteiger partial charge in [0, 0.05) is 29.1 Å². The summed E-state index contributed by atoms with van der Waals surface area (Å²) in [4.78, 5) is 0. The van der Waals surface area contributed by atoms with Gasteiger partial charge in [-0.15, -0.1) is 11.3 Å². The number of hydrogen-bond donors (Lipinski definition) is 0. The minimum absolute atomic E-state index is 0.0153. The van der Waals surface area contributed by atoms with E-state index in [9.17, 15) is 0 Å². The maximum Gasteiger partial charge on any atom is 0.0642 e. The topological polar surface area (TPSA) is 0 Å². The minimum Gasteiger partial charge on any atom is -0.134 e. The molecule has 0 bridgehead atoms. The van der Waals surface area contributed by atoms with Crippen molar-refractivity contribution in [2.45, 2.75) is 0 Å². The zero-order valence-electron chi connectivity index (χ0n) is 13.2. The van der Waals surface area contributed by atoms with E-state index in [1.807, 2.05) is 0 Å². The second kappa shape index (κ2) is 3.58. The number of thiophene rings is 1. The second-order valence-electron chi connectivity index (χ2n) is 2.89. The summed E-state index contributed by atoms with van der Waals surface area (Å²) in [6.45, 7) is 0. The lowest BCUT2D eigenvalue weighted by Crippen LogP contribution is -1.67. The molecule has 0 aliphatic carbocycles. The third-order valence-corrected chi connectivity index (χ3v) is 4.36. The summed E-state index contributed by atoms with van der Waals surface area (Å²) in [5, 5.41) is 0.782. The van der Waals surface area contributed by atoms with Gasteiger partial charge in [0.05, 0.1) is 8.22 Å². The molecule has 1 aromatic heterocycles. The summed E-state index contributed by atoms with van der Waals surface area (Å²) in [7, 11) is 0. The molecule has 0 unspecified atom stereocenters. The fourth-order valence-electron chi connectivity index (χ4n) is 1.37. The highest BCUT2D eigenvalue weighted by Crippen LogP contribution is 2.38. The van der Waals surface area contributed by atoms with Gasteiger partial charge in [-0.1, -0.05) is 28.0 Å². The van der Waals surface area contributed by atoms with Gasteiger partial charge in [-0.25, -0.2) is 0 Å². The molecule has 0 saturated carbocycles. The number of rotatable bonds is 0. The Morgan fingerprint density at radius 1 is 1.07 bits per heavy atom. The van der Waals surface area contributed by atoms with E-state index in [0.717, 1.165) is 0 Å². The monoisotopic (exact) mass is 346 g/mol. The van der Waals surface area contributed by atoms with Crippen LogP contribution in [0, 0.1) is 0 Å². The number of hydrogen-bond acceptors (Lipinski definition) is 1. The van der Waals surface area contributed by atoms with Crippen molar-refractivity contribution in [1.82, 2.24) is 0 Å². The van der Waals surface area contributed by atoms with Crippen molar-refractivity contribution < 1.29 is 8.22 Å². The molecule has 3 rings (SSSR count). The summed E-state index contributed by atoms with van der Waals surface area (Å²) in [6, 6.07) is -0.470. The molecule has 0 amide bonds. The van der Waals surface area contributed by atoms with E-state index < -0.39 is 0 Å². The fraction of sp³-hybridized carbons (Fsp3) is 0. The Morgan fingerprint density at radius 2 is 1.93 bits per heavy atom. The summed E-state index contributed by atoms with van der Waals surface area (Å²) < 4.78 is 49.4. The van der Waals surface area contributed by atoms with Crippen molar-refractivity contribution >= 4 is 63.4 Å². The SMILES string of the molecule is [2H]c1c(Br)c([2H])c2c(sc3c(Br)c([2H])c([2H])c([2H])c32)c1[2H]. The Bertz CT molecular complexity index is 859. The van der Waals surface area contributed by atoms with E-state index in [4.69, 9.17) is 8.22 Å². The summed E-state index contributed by atoms with van der Waals surface area (Å²) >= 11 is 7.59. The number of benzene rings is 2. The third kappa shape index (κ3) is 1.53. The van der Waals surface area contributed by atoms with Crippen LogP contribution in [0.3, 0.4) is 0 Å². The molecule has 1 heterocycles. The molecule has 0 spiro atoms. The maximum atomic E-state index is 8.17. The van der Waals surface area contributed by atoms with Gasteiger partial charge in [0.15, 0.2) is 0 Å². The highest BCUT2D eigenvalue weighted by molar-refractivity contribution is 9.11. The van der Waals surface area contributed by atoms with Crippen molar-refractivity contribution in [3.63, 3.8) is 0 Å². The normalized spacial score (nSPS) is 16.9. The summed E-state index contributed by atoms with van der Waals surface area (Å²) in [5.41, 5.74) is 0. The molecule has 3 aromatic rings. The molecule has 3 heteroatoms. The lowest BCUT2D eigenvalue weighted by molar-refractivity contribution is 1.76. The standard InChI is InChI=1S/C12H6Br2S/c13-7-4-5-11-9(6-7)8-2-1-3-10(14)12(8)15-11/h1-6H/i1D,2D,3D,4D,5D,6D. The van der Waals surface area contributed by atoms with Crippen LogP contribution < -0.4 is 0 Å². The molecule has 0 saturated heterocycles. The molecule has 0 atom stereocenters. The lowest BCUT2D eigenvalue weighted by atomic mass is 10.2. The van der Waals surface area contributed by atoms with Crippen LogP contribution in [0.4, 0.5) is 0 Å². The van der Waals surface area contributed by atoms with Crippen LogP contribution in [0.1, 0.15) is 8.22 Å². The molecule has 0 fully saturated rings. The smallest absolute Gasteiger partial charge is 0.0642 e. The van der Waals surface area contributed by atoms with Crippen molar-refractivity contribution in [3.05, 3.63) is 45.2 Å². The predicted octanol–water partition coefficient (Wildman–Crippen LogP) is 5.58. The van der Waals surface area contributed by atoms with Crippen molar-refractivity contribution in [1.29, 1.82) is 0 Å². The third-order valence-electron chi connectivity index (χ3n) is 1.99. The number of fused-ring (bicyclic) bond motifs is 3. The molecule has 0 N–H and O–H groups in total. The molecular formula is C12H6Br2S. The minimum atomic E-state index is -0.217. The van der Waals surface area contributed by atoms with Crippen LogP contribution in [0.15, 0.2) is 45.2 Å². The zero-order valence-corrected chi connectivity index (χ0v) is 11.2. The van der Waals surface area contributed by atoms with Gasteiger partial charge in [0.25, 0.3) is 0 Å². The van der Waals surface area contributed by atoms with Crippen molar-refractivity contribution in [3.8, 4) is 0 Å². The largest absolute Gasteiger partial charge is 0.134 e. The second-order valence-corrected chi connectivity index (χ2v) is 5.49. The van der Waals surface area contributed by atoms with E-state index in [-0.39, 0.29) is 40.7 Å². The van der Waals surface area contributed by atoms with Crippen molar-refractivity contribution in [2.75, 3.05) is 0 Å². The average Bonchev–Trinajstić information content (AvgIpc) is 2.87. The first-order chi connectivity index (χ1) is 9.77. The number of halogens is 2. The van der Waals surface area contributed by atoms with Crippen LogP contribution in [-0.4, -0.2) is 0 Å². The van der Waals surface area contributed by atoms with Gasteiger partial charge >= 0.3 is 0 Å². The Hall–Kier alpha value is -0.380. The summed E-state index contributed by atoms with van der Waals surface area (Å²) in [5.74, 6) is 0. The van der Waals surface area contributed by atoms with E-state index in [2.05, 4.69) is 31.9 Å². The summed E-state index contributed by atoms with van der Waals surface area (Å²) in [6.07, 6.45) is 0. The van der Waals surface area contributed by atoms with Crippen LogP contribution >= 0.6 is 43.2 Å². The first-order valence-electron chi connectivity index (χ1n) is 7.04. The van der Waals surface area contributed by atoms with Gasteiger partial charge in [-0.05, 0) is 40.1 Å². The Morgan fingerprint density at radius 3 is 2.80 bits per heavy atom. The van der Waals surface area contributed by atoms with Crippen LogP contribution in [0.5, 0.6) is 0 Å². The van der Waals surface area contributed by atoms with Gasteiger partial charge in [0.1, 0.15) is 0 Å².